The van der Waals surface area contributed by atoms with Crippen LogP contribution in [0, 0.1) is 0 Å². The summed E-state index contributed by atoms with van der Waals surface area (Å²) in [4.78, 5) is 2.44. The molecule has 1 aromatic rings. The van der Waals surface area contributed by atoms with E-state index < -0.39 is 0 Å². The first-order valence-electron chi connectivity index (χ1n) is 8.05. The van der Waals surface area contributed by atoms with E-state index in [1.807, 2.05) is 6.07 Å². The van der Waals surface area contributed by atoms with Crippen LogP contribution in [0.2, 0.25) is 0 Å². The van der Waals surface area contributed by atoms with Crippen LogP contribution in [-0.4, -0.2) is 50.9 Å². The largest absolute Gasteiger partial charge is 0.494 e. The minimum absolute atomic E-state index is 0.758. The molecule has 1 fully saturated rings. The molecule has 0 saturated carbocycles. The molecule has 0 aliphatic carbocycles. The molecule has 0 bridgehead atoms. The number of allylic oxidation sites excluding steroid dienone is 2. The van der Waals surface area contributed by atoms with E-state index in [4.69, 9.17) is 9.47 Å². The molecule has 0 atom stereocenters. The lowest BCUT2D eigenvalue weighted by Gasteiger charge is -2.26. The van der Waals surface area contributed by atoms with Crippen LogP contribution >= 0.6 is 0 Å². The zero-order valence-electron chi connectivity index (χ0n) is 13.0. The summed E-state index contributed by atoms with van der Waals surface area (Å²) in [6.45, 7) is 6.56. The summed E-state index contributed by atoms with van der Waals surface area (Å²) in [7, 11) is 0. The summed E-state index contributed by atoms with van der Waals surface area (Å²) in [5, 5.41) is 3.24. The minimum atomic E-state index is 0.758. The van der Waals surface area contributed by atoms with Crippen molar-refractivity contribution in [3.05, 3.63) is 48.2 Å². The van der Waals surface area contributed by atoms with Gasteiger partial charge in [0.25, 0.3) is 0 Å². The Labute approximate surface area is 132 Å². The minimum Gasteiger partial charge on any atom is -0.494 e. The number of ether oxygens (including phenoxy) is 2. The first-order valence-corrected chi connectivity index (χ1v) is 8.05. The summed E-state index contributed by atoms with van der Waals surface area (Å²) in [5.41, 5.74) is 2.39. The third-order valence-electron chi connectivity index (χ3n) is 3.95. The van der Waals surface area contributed by atoms with Gasteiger partial charge >= 0.3 is 0 Å². The molecule has 2 heterocycles. The zero-order chi connectivity index (χ0) is 15.0. The predicted octanol–water partition coefficient (Wildman–Crippen LogP) is 2.29. The first kappa shape index (κ1) is 15.1. The maximum absolute atomic E-state index is 5.90. The van der Waals surface area contributed by atoms with Crippen LogP contribution in [0.25, 0.3) is 5.57 Å². The SMILES string of the molecule is C1=CC(c2cccc(OCCCN3CCOCC3)c2)=CNC1. The van der Waals surface area contributed by atoms with Gasteiger partial charge in [-0.25, -0.2) is 0 Å². The van der Waals surface area contributed by atoms with E-state index in [9.17, 15) is 0 Å². The summed E-state index contributed by atoms with van der Waals surface area (Å²) in [6, 6.07) is 8.30. The van der Waals surface area contributed by atoms with Gasteiger partial charge in [-0.3, -0.25) is 4.90 Å². The van der Waals surface area contributed by atoms with E-state index in [1.54, 1.807) is 0 Å². The van der Waals surface area contributed by atoms with Gasteiger partial charge in [-0.1, -0.05) is 24.3 Å². The number of rotatable bonds is 6. The average Bonchev–Trinajstić information content (AvgIpc) is 2.61. The van der Waals surface area contributed by atoms with Gasteiger partial charge in [-0.05, 0) is 29.7 Å². The normalized spacial score (nSPS) is 18.6. The highest BCUT2D eigenvalue weighted by Crippen LogP contribution is 2.22. The first-order chi connectivity index (χ1) is 10.9. The van der Waals surface area contributed by atoms with Crippen molar-refractivity contribution in [2.75, 3.05) is 46.0 Å². The molecule has 1 aromatic carbocycles. The Balaban J connectivity index is 1.46. The van der Waals surface area contributed by atoms with E-state index in [2.05, 4.69) is 46.8 Å². The lowest BCUT2D eigenvalue weighted by molar-refractivity contribution is 0.0358. The molecule has 22 heavy (non-hydrogen) atoms. The summed E-state index contributed by atoms with van der Waals surface area (Å²) in [5.74, 6) is 0.944. The highest BCUT2D eigenvalue weighted by molar-refractivity contribution is 5.75. The van der Waals surface area contributed by atoms with Crippen LogP contribution in [0.1, 0.15) is 12.0 Å². The molecule has 0 spiro atoms. The van der Waals surface area contributed by atoms with Crippen LogP contribution in [0.5, 0.6) is 5.75 Å². The molecule has 4 heteroatoms. The van der Waals surface area contributed by atoms with Crippen molar-refractivity contribution < 1.29 is 9.47 Å². The van der Waals surface area contributed by atoms with Crippen molar-refractivity contribution >= 4 is 5.57 Å². The quantitative estimate of drug-likeness (QED) is 0.817. The van der Waals surface area contributed by atoms with E-state index in [0.29, 0.717) is 0 Å². The van der Waals surface area contributed by atoms with Crippen molar-refractivity contribution in [3.8, 4) is 5.75 Å². The molecule has 3 rings (SSSR count). The van der Waals surface area contributed by atoms with Crippen LogP contribution in [-0.2, 0) is 4.74 Å². The van der Waals surface area contributed by atoms with Crippen LogP contribution in [0.4, 0.5) is 0 Å². The molecular weight excluding hydrogens is 276 g/mol. The second kappa shape index (κ2) is 8.01. The van der Waals surface area contributed by atoms with Gasteiger partial charge in [0.1, 0.15) is 5.75 Å². The molecule has 2 aliphatic heterocycles. The predicted molar refractivity (Wildman–Crippen MR) is 88.9 cm³/mol. The molecule has 0 unspecified atom stereocenters. The Morgan fingerprint density at radius 3 is 2.95 bits per heavy atom. The van der Waals surface area contributed by atoms with Gasteiger partial charge in [-0.15, -0.1) is 0 Å². The van der Waals surface area contributed by atoms with E-state index >= 15 is 0 Å². The fourth-order valence-electron chi connectivity index (χ4n) is 2.72. The number of nitrogens with one attached hydrogen (secondary N) is 1. The summed E-state index contributed by atoms with van der Waals surface area (Å²) >= 11 is 0. The van der Waals surface area contributed by atoms with Gasteiger partial charge in [0.05, 0.1) is 19.8 Å². The van der Waals surface area contributed by atoms with Gasteiger partial charge in [-0.2, -0.15) is 0 Å². The van der Waals surface area contributed by atoms with E-state index in [-0.39, 0.29) is 0 Å². The van der Waals surface area contributed by atoms with E-state index in [1.165, 1.54) is 11.1 Å². The Morgan fingerprint density at radius 1 is 1.23 bits per heavy atom. The average molecular weight is 300 g/mol. The third kappa shape index (κ3) is 4.36. The topological polar surface area (TPSA) is 33.7 Å². The van der Waals surface area contributed by atoms with Crippen LogP contribution < -0.4 is 10.1 Å². The fourth-order valence-corrected chi connectivity index (χ4v) is 2.72. The number of hydrogen-bond acceptors (Lipinski definition) is 4. The van der Waals surface area contributed by atoms with Crippen LogP contribution in [0.3, 0.4) is 0 Å². The molecule has 4 nitrogen and oxygen atoms in total. The lowest BCUT2D eigenvalue weighted by atomic mass is 10.1. The number of dihydropyridines is 1. The van der Waals surface area contributed by atoms with Gasteiger partial charge in [0.15, 0.2) is 0 Å². The van der Waals surface area contributed by atoms with Crippen molar-refractivity contribution in [2.24, 2.45) is 0 Å². The van der Waals surface area contributed by atoms with Crippen molar-refractivity contribution in [2.45, 2.75) is 6.42 Å². The molecule has 118 valence electrons. The fraction of sp³-hybridized carbons (Fsp3) is 0.444. The molecule has 0 radical (unpaired) electrons. The number of nitrogens with zero attached hydrogens (tertiary/aromatic N) is 1. The van der Waals surface area contributed by atoms with Crippen molar-refractivity contribution in [1.29, 1.82) is 0 Å². The second-order valence-electron chi connectivity index (χ2n) is 5.59. The molecular formula is C18H24N2O2. The van der Waals surface area contributed by atoms with E-state index in [0.717, 1.165) is 58.2 Å². The maximum Gasteiger partial charge on any atom is 0.119 e. The summed E-state index contributed by atoms with van der Waals surface area (Å²) < 4.78 is 11.3. The highest BCUT2D eigenvalue weighted by Gasteiger charge is 2.09. The lowest BCUT2D eigenvalue weighted by Crippen LogP contribution is -2.37. The van der Waals surface area contributed by atoms with Crippen LogP contribution in [0.15, 0.2) is 42.6 Å². The van der Waals surface area contributed by atoms with Gasteiger partial charge in [0.2, 0.25) is 0 Å². The Morgan fingerprint density at radius 2 is 2.14 bits per heavy atom. The standard InChI is InChI=1S/C18H24N2O2/c1-4-16(17-5-2-7-19-15-17)14-18(6-1)22-11-3-8-20-9-12-21-13-10-20/h1-2,4-6,14-15,19H,3,7-13H2. The smallest absolute Gasteiger partial charge is 0.119 e. The van der Waals surface area contributed by atoms with Crippen molar-refractivity contribution in [1.82, 2.24) is 10.2 Å². The summed E-state index contributed by atoms with van der Waals surface area (Å²) in [6.07, 6.45) is 7.38. The van der Waals surface area contributed by atoms with Gasteiger partial charge in [0, 0.05) is 32.4 Å². The molecule has 0 amide bonds. The third-order valence-corrected chi connectivity index (χ3v) is 3.95. The molecule has 0 aromatic heterocycles. The number of hydrogen-bond donors (Lipinski definition) is 1. The highest BCUT2D eigenvalue weighted by atomic mass is 16.5. The monoisotopic (exact) mass is 300 g/mol. The van der Waals surface area contributed by atoms with Gasteiger partial charge < -0.3 is 14.8 Å². The second-order valence-corrected chi connectivity index (χ2v) is 5.59. The van der Waals surface area contributed by atoms with Crippen molar-refractivity contribution in [3.63, 3.8) is 0 Å². The number of morpholine rings is 1. The Kier molecular flexibility index (Phi) is 5.51. The molecule has 2 aliphatic rings. The molecule has 1 saturated heterocycles. The molecule has 1 N–H and O–H groups in total. The number of benzene rings is 1. The Bertz CT molecular complexity index is 534. The maximum atomic E-state index is 5.90. The zero-order valence-corrected chi connectivity index (χ0v) is 13.0. The Hall–Kier alpha value is -1.78.